The van der Waals surface area contributed by atoms with Crippen molar-refractivity contribution in [3.8, 4) is 0 Å². The molecule has 0 saturated carbocycles. The van der Waals surface area contributed by atoms with Crippen molar-refractivity contribution in [2.24, 2.45) is 4.99 Å². The third kappa shape index (κ3) is 7.19. The number of aryl methyl sites for hydroxylation is 1. The number of aliphatic imine (C=N–C) groups is 1. The van der Waals surface area contributed by atoms with Crippen molar-refractivity contribution in [1.29, 1.82) is 0 Å². The quantitative estimate of drug-likeness (QED) is 0.212. The number of rotatable bonds is 8. The number of benzene rings is 2. The van der Waals surface area contributed by atoms with E-state index in [1.54, 1.807) is 0 Å². The van der Waals surface area contributed by atoms with Crippen LogP contribution >= 0.6 is 24.0 Å². The Morgan fingerprint density at radius 2 is 1.91 bits per heavy atom. The first-order valence-corrected chi connectivity index (χ1v) is 11.5. The molecule has 1 aromatic heterocycles. The summed E-state index contributed by atoms with van der Waals surface area (Å²) in [6, 6.07) is 15.0. The Labute approximate surface area is 213 Å². The zero-order chi connectivity index (χ0) is 22.2. The maximum absolute atomic E-state index is 6.06. The van der Waals surface area contributed by atoms with E-state index in [4.69, 9.17) is 9.47 Å². The third-order valence-corrected chi connectivity index (χ3v) is 6.03. The first kappa shape index (κ1) is 25.5. The van der Waals surface area contributed by atoms with Crippen LogP contribution in [0.4, 0.5) is 0 Å². The molecule has 3 aromatic rings. The second kappa shape index (κ2) is 13.0. The summed E-state index contributed by atoms with van der Waals surface area (Å²) < 4.78 is 11.5. The van der Waals surface area contributed by atoms with Gasteiger partial charge < -0.3 is 25.1 Å². The minimum Gasteiger partial charge on any atom is -0.381 e. The van der Waals surface area contributed by atoms with Crippen molar-refractivity contribution in [1.82, 2.24) is 15.6 Å². The van der Waals surface area contributed by atoms with Crippen LogP contribution in [0.1, 0.15) is 35.1 Å². The molecular weight excluding hydrogens is 527 g/mol. The maximum Gasteiger partial charge on any atom is 0.191 e. The van der Waals surface area contributed by atoms with Crippen molar-refractivity contribution in [2.75, 3.05) is 26.8 Å². The number of hydrogen-bond acceptors (Lipinski definition) is 3. The fourth-order valence-corrected chi connectivity index (χ4v) is 4.18. The summed E-state index contributed by atoms with van der Waals surface area (Å²) in [5.74, 6) is 0.810. The van der Waals surface area contributed by atoms with Gasteiger partial charge in [-0.25, -0.2) is 0 Å². The van der Waals surface area contributed by atoms with Gasteiger partial charge in [-0.1, -0.05) is 42.5 Å². The van der Waals surface area contributed by atoms with Crippen LogP contribution in [-0.2, 0) is 29.0 Å². The van der Waals surface area contributed by atoms with E-state index in [0.717, 1.165) is 51.5 Å². The van der Waals surface area contributed by atoms with Crippen LogP contribution in [0.2, 0.25) is 0 Å². The molecule has 0 radical (unpaired) electrons. The van der Waals surface area contributed by atoms with Gasteiger partial charge in [0.05, 0.1) is 12.7 Å². The Balaban J connectivity index is 0.00000306. The molecule has 33 heavy (non-hydrogen) atoms. The molecule has 1 saturated heterocycles. The Morgan fingerprint density at radius 3 is 2.73 bits per heavy atom. The molecule has 1 aliphatic heterocycles. The zero-order valence-corrected chi connectivity index (χ0v) is 21.9. The second-order valence-corrected chi connectivity index (χ2v) is 8.36. The van der Waals surface area contributed by atoms with Crippen LogP contribution in [0.15, 0.2) is 53.7 Å². The lowest BCUT2D eigenvalue weighted by Crippen LogP contribution is -2.37. The maximum atomic E-state index is 6.06. The van der Waals surface area contributed by atoms with Gasteiger partial charge in [-0.05, 0) is 48.4 Å². The highest BCUT2D eigenvalue weighted by Gasteiger charge is 2.14. The Kier molecular flexibility index (Phi) is 10.0. The number of ether oxygens (including phenoxy) is 2. The van der Waals surface area contributed by atoms with Gasteiger partial charge in [0, 0.05) is 50.5 Å². The number of aromatic amines is 1. The molecule has 6 nitrogen and oxygen atoms in total. The Morgan fingerprint density at radius 1 is 1.12 bits per heavy atom. The fraction of sp³-hybridized carbons (Fsp3) is 0.423. The van der Waals surface area contributed by atoms with Gasteiger partial charge in [-0.3, -0.25) is 4.99 Å². The molecular formula is C26H35IN4O2. The van der Waals surface area contributed by atoms with E-state index in [1.807, 2.05) is 7.05 Å². The first-order chi connectivity index (χ1) is 15.7. The SMILES string of the molecule is CN=C(NCCc1c[nH]c2c(C)cccc12)NCc1cccc(COC2CCOCC2)c1.I. The second-order valence-electron chi connectivity index (χ2n) is 8.36. The van der Waals surface area contributed by atoms with Crippen LogP contribution in [0.3, 0.4) is 0 Å². The van der Waals surface area contributed by atoms with Crippen molar-refractivity contribution in [2.45, 2.75) is 45.4 Å². The standard InChI is InChI=1S/C26H34N4O2.HI/c1-19-5-3-8-24-22(17-29-25(19)24)9-12-28-26(27-2)30-16-20-6-4-7-21(15-20)18-32-23-10-13-31-14-11-23;/h3-8,15,17,23,29H,9-14,16,18H2,1-2H3,(H2,27,28,30);1H. The van der Waals surface area contributed by atoms with Crippen molar-refractivity contribution in [3.05, 3.63) is 70.9 Å². The van der Waals surface area contributed by atoms with Crippen LogP contribution in [-0.4, -0.2) is 43.9 Å². The number of nitrogens with one attached hydrogen (secondary N) is 3. The molecule has 178 valence electrons. The molecule has 2 heterocycles. The predicted octanol–water partition coefficient (Wildman–Crippen LogP) is 4.70. The van der Waals surface area contributed by atoms with Gasteiger partial charge >= 0.3 is 0 Å². The Bertz CT molecular complexity index is 1040. The summed E-state index contributed by atoms with van der Waals surface area (Å²) in [5, 5.41) is 8.15. The van der Waals surface area contributed by atoms with Gasteiger partial charge in [0.2, 0.25) is 0 Å². The van der Waals surface area contributed by atoms with Crippen molar-refractivity contribution in [3.63, 3.8) is 0 Å². The average molecular weight is 562 g/mol. The highest BCUT2D eigenvalue weighted by molar-refractivity contribution is 14.0. The predicted molar refractivity (Wildman–Crippen MR) is 145 cm³/mol. The summed E-state index contributed by atoms with van der Waals surface area (Å²) in [7, 11) is 1.81. The molecule has 1 aliphatic rings. The molecule has 2 aromatic carbocycles. The number of fused-ring (bicyclic) bond motifs is 1. The summed E-state index contributed by atoms with van der Waals surface area (Å²) in [4.78, 5) is 7.77. The van der Waals surface area contributed by atoms with Crippen molar-refractivity contribution < 1.29 is 9.47 Å². The molecule has 0 unspecified atom stereocenters. The summed E-state index contributed by atoms with van der Waals surface area (Å²) >= 11 is 0. The monoisotopic (exact) mass is 562 g/mol. The summed E-state index contributed by atoms with van der Waals surface area (Å²) in [6.07, 6.45) is 5.34. The number of para-hydroxylation sites is 1. The van der Waals surface area contributed by atoms with Gasteiger partial charge in [0.1, 0.15) is 0 Å². The number of guanidine groups is 1. The normalized spacial score (nSPS) is 14.8. The minimum absolute atomic E-state index is 0. The number of hydrogen-bond donors (Lipinski definition) is 3. The summed E-state index contributed by atoms with van der Waals surface area (Å²) in [5.41, 5.74) is 6.25. The van der Waals surface area contributed by atoms with Crippen LogP contribution < -0.4 is 10.6 Å². The van der Waals surface area contributed by atoms with Gasteiger partial charge in [-0.15, -0.1) is 24.0 Å². The third-order valence-electron chi connectivity index (χ3n) is 6.03. The molecule has 4 rings (SSSR count). The van der Waals surface area contributed by atoms with E-state index < -0.39 is 0 Å². The summed E-state index contributed by atoms with van der Waals surface area (Å²) in [6.45, 7) is 5.94. The number of halogens is 1. The number of nitrogens with zero attached hydrogens (tertiary/aromatic N) is 1. The molecule has 0 aliphatic carbocycles. The smallest absolute Gasteiger partial charge is 0.191 e. The van der Waals surface area contributed by atoms with Crippen molar-refractivity contribution >= 4 is 40.8 Å². The lowest BCUT2D eigenvalue weighted by Gasteiger charge is -2.22. The van der Waals surface area contributed by atoms with E-state index >= 15 is 0 Å². The molecule has 0 atom stereocenters. The molecule has 1 fully saturated rings. The topological polar surface area (TPSA) is 70.7 Å². The van der Waals surface area contributed by atoms with E-state index in [9.17, 15) is 0 Å². The van der Waals surface area contributed by atoms with Crippen LogP contribution in [0.25, 0.3) is 10.9 Å². The lowest BCUT2D eigenvalue weighted by atomic mass is 10.1. The van der Waals surface area contributed by atoms with Crippen LogP contribution in [0.5, 0.6) is 0 Å². The Hall–Kier alpha value is -2.10. The largest absolute Gasteiger partial charge is 0.381 e. The van der Waals surface area contributed by atoms with Gasteiger partial charge in [0.15, 0.2) is 5.96 Å². The minimum atomic E-state index is 0. The molecule has 3 N–H and O–H groups in total. The molecule has 0 amide bonds. The van der Waals surface area contributed by atoms with E-state index in [1.165, 1.54) is 33.2 Å². The molecule has 7 heteroatoms. The lowest BCUT2D eigenvalue weighted by molar-refractivity contribution is -0.0390. The number of aromatic nitrogens is 1. The van der Waals surface area contributed by atoms with E-state index in [2.05, 4.69) is 76.2 Å². The highest BCUT2D eigenvalue weighted by atomic mass is 127. The fourth-order valence-electron chi connectivity index (χ4n) is 4.18. The first-order valence-electron chi connectivity index (χ1n) is 11.5. The zero-order valence-electron chi connectivity index (χ0n) is 19.5. The molecule has 0 spiro atoms. The van der Waals surface area contributed by atoms with E-state index in [0.29, 0.717) is 12.7 Å². The van der Waals surface area contributed by atoms with Gasteiger partial charge in [0.25, 0.3) is 0 Å². The van der Waals surface area contributed by atoms with Gasteiger partial charge in [-0.2, -0.15) is 0 Å². The highest BCUT2D eigenvalue weighted by Crippen LogP contribution is 2.21. The number of H-pyrrole nitrogens is 1. The van der Waals surface area contributed by atoms with E-state index in [-0.39, 0.29) is 24.0 Å². The average Bonchev–Trinajstić information content (AvgIpc) is 3.25. The molecule has 0 bridgehead atoms. The van der Waals surface area contributed by atoms with Crippen LogP contribution in [0, 0.1) is 6.92 Å².